The molecule has 3 fully saturated rings. The predicted octanol–water partition coefficient (Wildman–Crippen LogP) is 3.97. The molecule has 1 aromatic carbocycles. The van der Waals surface area contributed by atoms with Gasteiger partial charge in [-0.1, -0.05) is 0 Å². The minimum Gasteiger partial charge on any atom is -0.444 e. The van der Waals surface area contributed by atoms with E-state index in [-0.39, 0.29) is 29.3 Å². The van der Waals surface area contributed by atoms with E-state index in [2.05, 4.69) is 16.7 Å². The van der Waals surface area contributed by atoms with Gasteiger partial charge in [0.2, 0.25) is 5.91 Å². The number of benzene rings is 1. The molecule has 2 atom stereocenters. The van der Waals surface area contributed by atoms with E-state index in [9.17, 15) is 14.0 Å². The first-order chi connectivity index (χ1) is 16.5. The van der Waals surface area contributed by atoms with Crippen molar-refractivity contribution in [2.45, 2.75) is 71.1 Å². The summed E-state index contributed by atoms with van der Waals surface area (Å²) in [5, 5.41) is 0. The van der Waals surface area contributed by atoms with Gasteiger partial charge in [-0.05, 0) is 77.6 Å². The average molecular weight is 489 g/mol. The van der Waals surface area contributed by atoms with Crippen molar-refractivity contribution in [1.29, 1.82) is 0 Å². The summed E-state index contributed by atoms with van der Waals surface area (Å²) < 4.78 is 18.8. The number of likely N-dealkylation sites (tertiary alicyclic amines) is 2. The second kappa shape index (κ2) is 9.96. The van der Waals surface area contributed by atoms with Crippen LogP contribution >= 0.6 is 0 Å². The Morgan fingerprint density at radius 1 is 1.11 bits per heavy atom. The lowest BCUT2D eigenvalue weighted by Gasteiger charge is -2.41. The number of ether oxygens (including phenoxy) is 1. The number of hydrogen-bond donors (Lipinski definition) is 0. The number of piperazine rings is 1. The van der Waals surface area contributed by atoms with Crippen LogP contribution in [-0.4, -0.2) is 90.7 Å². The molecule has 4 rings (SSSR count). The van der Waals surface area contributed by atoms with Gasteiger partial charge in [0.25, 0.3) is 0 Å². The van der Waals surface area contributed by atoms with Crippen LogP contribution in [0.25, 0.3) is 0 Å². The van der Waals surface area contributed by atoms with Gasteiger partial charge in [-0.15, -0.1) is 0 Å². The van der Waals surface area contributed by atoms with Crippen molar-refractivity contribution in [2.75, 3.05) is 51.2 Å². The fraction of sp³-hybridized carbons (Fsp3) is 0.704. The fourth-order valence-electron chi connectivity index (χ4n) is 5.90. The quantitative estimate of drug-likeness (QED) is 0.642. The molecule has 0 radical (unpaired) electrons. The molecule has 2 amide bonds. The number of anilines is 1. The topological polar surface area (TPSA) is 56.3 Å². The summed E-state index contributed by atoms with van der Waals surface area (Å²) in [7, 11) is 1.94. The SMILES string of the molecule is C[C@H]1CN(c2ccc(F)cc2)CCN1CC[C@H]1CC2(CCN(C(=O)OC(C)(C)C)CC2)C(=O)N1C. The maximum atomic E-state index is 13.3. The van der Waals surface area contributed by atoms with Crippen LogP contribution in [0.4, 0.5) is 14.9 Å². The van der Waals surface area contributed by atoms with E-state index in [1.807, 2.05) is 44.9 Å². The maximum absolute atomic E-state index is 13.3. The molecule has 3 aliphatic heterocycles. The first kappa shape index (κ1) is 25.7. The van der Waals surface area contributed by atoms with Crippen LogP contribution in [0.5, 0.6) is 0 Å². The Hall–Kier alpha value is -2.35. The molecule has 1 spiro atoms. The number of carbonyl (C=O) groups excluding carboxylic acids is 2. The van der Waals surface area contributed by atoms with E-state index < -0.39 is 5.60 Å². The van der Waals surface area contributed by atoms with Crippen molar-refractivity contribution in [3.8, 4) is 0 Å². The molecule has 3 saturated heterocycles. The Labute approximate surface area is 209 Å². The molecule has 7 nitrogen and oxygen atoms in total. The highest BCUT2D eigenvalue weighted by Crippen LogP contribution is 2.45. The molecule has 0 N–H and O–H groups in total. The van der Waals surface area contributed by atoms with Gasteiger partial charge < -0.3 is 19.4 Å². The van der Waals surface area contributed by atoms with Gasteiger partial charge in [0.05, 0.1) is 5.41 Å². The minimum absolute atomic E-state index is 0.205. The zero-order valence-corrected chi connectivity index (χ0v) is 21.9. The molecule has 0 aliphatic carbocycles. The van der Waals surface area contributed by atoms with E-state index in [0.717, 1.165) is 44.7 Å². The maximum Gasteiger partial charge on any atom is 0.410 e. The van der Waals surface area contributed by atoms with Crippen molar-refractivity contribution < 1.29 is 18.7 Å². The van der Waals surface area contributed by atoms with E-state index >= 15 is 0 Å². The van der Waals surface area contributed by atoms with Crippen LogP contribution in [0.15, 0.2) is 24.3 Å². The molecule has 3 heterocycles. The molecule has 0 aromatic heterocycles. The standard InChI is InChI=1S/C27H41FN4O3/c1-20-19-32(22-8-6-21(28)7-9-22)17-16-30(20)13-10-23-18-27(24(33)29(23)5)11-14-31(15-12-27)25(34)35-26(2,3)4/h6-9,20,23H,10-19H2,1-5H3/t20-,23-/m0/s1. The molecule has 8 heteroatoms. The Morgan fingerprint density at radius 3 is 2.37 bits per heavy atom. The molecule has 0 saturated carbocycles. The highest BCUT2D eigenvalue weighted by molar-refractivity contribution is 5.85. The molecular formula is C27H41FN4O3. The van der Waals surface area contributed by atoms with Crippen molar-refractivity contribution in [2.24, 2.45) is 5.41 Å². The third-order valence-corrected chi connectivity index (χ3v) is 8.03. The van der Waals surface area contributed by atoms with Crippen LogP contribution in [0.3, 0.4) is 0 Å². The molecular weight excluding hydrogens is 447 g/mol. The van der Waals surface area contributed by atoms with Gasteiger partial charge in [0.15, 0.2) is 0 Å². The zero-order chi connectivity index (χ0) is 25.4. The highest BCUT2D eigenvalue weighted by atomic mass is 19.1. The number of piperidine rings is 1. The summed E-state index contributed by atoms with van der Waals surface area (Å²) in [5.74, 6) is 0.0319. The monoisotopic (exact) mass is 488 g/mol. The number of amides is 2. The second-order valence-electron chi connectivity index (χ2n) is 11.6. The van der Waals surface area contributed by atoms with Crippen molar-refractivity contribution in [3.05, 3.63) is 30.1 Å². The lowest BCUT2D eigenvalue weighted by molar-refractivity contribution is -0.137. The number of carbonyl (C=O) groups is 2. The summed E-state index contributed by atoms with van der Waals surface area (Å²) in [6, 6.07) is 7.37. The van der Waals surface area contributed by atoms with Crippen molar-refractivity contribution in [3.63, 3.8) is 0 Å². The predicted molar refractivity (Wildman–Crippen MR) is 135 cm³/mol. The van der Waals surface area contributed by atoms with Crippen molar-refractivity contribution in [1.82, 2.24) is 14.7 Å². The Bertz CT molecular complexity index is 908. The van der Waals surface area contributed by atoms with Crippen LogP contribution in [0.1, 0.15) is 53.4 Å². The number of halogens is 1. The first-order valence-corrected chi connectivity index (χ1v) is 13.0. The van der Waals surface area contributed by atoms with Gasteiger partial charge in [-0.2, -0.15) is 0 Å². The molecule has 3 aliphatic rings. The molecule has 0 bridgehead atoms. The summed E-state index contributed by atoms with van der Waals surface area (Å²) in [6.45, 7) is 12.8. The van der Waals surface area contributed by atoms with Crippen molar-refractivity contribution >= 4 is 17.7 Å². The smallest absolute Gasteiger partial charge is 0.410 e. The summed E-state index contributed by atoms with van der Waals surface area (Å²) in [6.07, 6.45) is 2.96. The Morgan fingerprint density at radius 2 is 1.77 bits per heavy atom. The van der Waals surface area contributed by atoms with Gasteiger partial charge >= 0.3 is 6.09 Å². The molecule has 1 aromatic rings. The minimum atomic E-state index is -0.512. The van der Waals surface area contributed by atoms with Crippen LogP contribution in [0.2, 0.25) is 0 Å². The average Bonchev–Trinajstić information content (AvgIpc) is 3.02. The third kappa shape index (κ3) is 5.74. The fourth-order valence-corrected chi connectivity index (χ4v) is 5.90. The zero-order valence-electron chi connectivity index (χ0n) is 21.9. The number of hydrogen-bond acceptors (Lipinski definition) is 5. The third-order valence-electron chi connectivity index (χ3n) is 8.03. The van der Waals surface area contributed by atoms with E-state index in [1.165, 1.54) is 12.1 Å². The van der Waals surface area contributed by atoms with Crippen LogP contribution in [0, 0.1) is 11.2 Å². The van der Waals surface area contributed by atoms with Gasteiger partial charge in [0.1, 0.15) is 11.4 Å². The Balaban J connectivity index is 1.28. The second-order valence-corrected chi connectivity index (χ2v) is 11.6. The molecule has 0 unspecified atom stereocenters. The van der Waals surface area contributed by atoms with Crippen LogP contribution < -0.4 is 4.90 Å². The molecule has 194 valence electrons. The summed E-state index contributed by atoms with van der Waals surface area (Å²) >= 11 is 0. The van der Waals surface area contributed by atoms with Gasteiger partial charge in [-0.25, -0.2) is 9.18 Å². The first-order valence-electron chi connectivity index (χ1n) is 13.0. The molecule has 35 heavy (non-hydrogen) atoms. The van der Waals surface area contributed by atoms with Gasteiger partial charge in [-0.3, -0.25) is 9.69 Å². The van der Waals surface area contributed by atoms with Crippen LogP contribution in [-0.2, 0) is 9.53 Å². The van der Waals surface area contributed by atoms with E-state index in [1.54, 1.807) is 4.90 Å². The normalized spacial score (nSPS) is 25.4. The van der Waals surface area contributed by atoms with E-state index in [4.69, 9.17) is 4.74 Å². The van der Waals surface area contributed by atoms with E-state index in [0.29, 0.717) is 32.0 Å². The lowest BCUT2D eigenvalue weighted by Crippen LogP contribution is -2.52. The summed E-state index contributed by atoms with van der Waals surface area (Å²) in [4.78, 5) is 34.3. The highest BCUT2D eigenvalue weighted by Gasteiger charge is 2.51. The van der Waals surface area contributed by atoms with Gasteiger partial charge in [0, 0.05) is 64.1 Å². The lowest BCUT2D eigenvalue weighted by atomic mass is 9.76. The largest absolute Gasteiger partial charge is 0.444 e. The summed E-state index contributed by atoms with van der Waals surface area (Å²) in [5.41, 5.74) is 0.214. The number of rotatable bonds is 4. The number of nitrogens with zero attached hydrogens (tertiary/aromatic N) is 4. The Kier molecular flexibility index (Phi) is 7.32.